The van der Waals surface area contributed by atoms with Crippen LogP contribution in [0.2, 0.25) is 4.34 Å². The predicted molar refractivity (Wildman–Crippen MR) is 161 cm³/mol. The normalized spacial score (nSPS) is 13.9. The minimum absolute atomic E-state index is 0.629. The Bertz CT molecular complexity index is 1790. The van der Waals surface area contributed by atoms with Gasteiger partial charge in [0.05, 0.1) is 25.9 Å². The van der Waals surface area contributed by atoms with E-state index < -0.39 is 0 Å². The van der Waals surface area contributed by atoms with Crippen LogP contribution < -0.4 is 5.32 Å². The molecule has 3 N–H and O–H groups in total. The summed E-state index contributed by atoms with van der Waals surface area (Å²) in [5, 5.41) is 11.3. The molecule has 0 aliphatic heterocycles. The van der Waals surface area contributed by atoms with E-state index in [2.05, 4.69) is 51.1 Å². The molecule has 196 valence electrons. The van der Waals surface area contributed by atoms with Crippen LogP contribution in [0.4, 0.5) is 0 Å². The van der Waals surface area contributed by atoms with Crippen LogP contribution in [0.3, 0.4) is 0 Å². The van der Waals surface area contributed by atoms with Gasteiger partial charge in [-0.25, -0.2) is 9.97 Å². The Hall–Kier alpha value is -4.01. The lowest BCUT2D eigenvalue weighted by Gasteiger charge is -2.12. The molecule has 1 aliphatic carbocycles. The highest BCUT2D eigenvalue weighted by atomic mass is 35.5. The third kappa shape index (κ3) is 5.05. The van der Waals surface area contributed by atoms with Crippen LogP contribution in [0.15, 0.2) is 78.3 Å². The molecule has 5 aromatic rings. The summed E-state index contributed by atoms with van der Waals surface area (Å²) in [6, 6.07) is 9.76. The van der Waals surface area contributed by atoms with Crippen molar-refractivity contribution >= 4 is 50.6 Å². The van der Waals surface area contributed by atoms with Crippen molar-refractivity contribution in [3.05, 3.63) is 88.3 Å². The smallest absolute Gasteiger partial charge is 0.161 e. The fraction of sp³-hybridized carbons (Fsp3) is 0.200. The minimum Gasteiger partial charge on any atom is -0.359 e. The number of imidazole rings is 1. The number of hydrogen-bond donors (Lipinski definition) is 3. The molecule has 0 atom stereocenters. The van der Waals surface area contributed by atoms with Crippen molar-refractivity contribution in [1.29, 1.82) is 0 Å². The summed E-state index contributed by atoms with van der Waals surface area (Å²) >= 11 is 7.66. The van der Waals surface area contributed by atoms with E-state index in [0.717, 1.165) is 62.4 Å². The molecule has 0 amide bonds. The number of aromatic amines is 2. The first-order valence-electron chi connectivity index (χ1n) is 13.0. The number of H-pyrrole nitrogens is 2. The number of pyridine rings is 2. The molecule has 1 saturated carbocycles. The molecule has 0 radical (unpaired) electrons. The molecule has 0 unspecified atom stereocenters. The predicted octanol–water partition coefficient (Wildman–Crippen LogP) is 8.19. The van der Waals surface area contributed by atoms with E-state index in [1.54, 1.807) is 6.20 Å². The first kappa shape index (κ1) is 25.3. The molecule has 1 fully saturated rings. The summed E-state index contributed by atoms with van der Waals surface area (Å²) < 4.78 is 0.712. The van der Waals surface area contributed by atoms with Gasteiger partial charge in [-0.15, -0.1) is 11.3 Å². The SMILES string of the molecule is C=C/C(=C\C(=C/C)c1ccc2[nH]nc(-c3nc4c(-c5ccc(Cl)s5)nccc4[nH]3)c2n1)NC(CCC)=C1CC1. The molecule has 0 spiro atoms. The van der Waals surface area contributed by atoms with Crippen LogP contribution in [-0.2, 0) is 0 Å². The summed E-state index contributed by atoms with van der Waals surface area (Å²) in [5.74, 6) is 0.629. The van der Waals surface area contributed by atoms with E-state index in [-0.39, 0.29) is 0 Å². The van der Waals surface area contributed by atoms with Gasteiger partial charge in [0.25, 0.3) is 0 Å². The number of aromatic nitrogens is 6. The lowest BCUT2D eigenvalue weighted by Crippen LogP contribution is -2.12. The average Bonchev–Trinajstić information content (AvgIpc) is 3.34. The first-order chi connectivity index (χ1) is 19.1. The zero-order valence-corrected chi connectivity index (χ0v) is 23.4. The molecule has 6 rings (SSSR count). The molecule has 9 heteroatoms. The van der Waals surface area contributed by atoms with E-state index in [4.69, 9.17) is 21.6 Å². The van der Waals surface area contributed by atoms with E-state index in [1.165, 1.54) is 35.4 Å². The third-order valence-corrected chi connectivity index (χ3v) is 7.94. The minimum atomic E-state index is 0.629. The number of fused-ring (bicyclic) bond motifs is 2. The Morgan fingerprint density at radius 1 is 1.10 bits per heavy atom. The summed E-state index contributed by atoms with van der Waals surface area (Å²) in [7, 11) is 0. The van der Waals surface area contributed by atoms with Crippen molar-refractivity contribution < 1.29 is 0 Å². The van der Waals surface area contributed by atoms with Crippen molar-refractivity contribution in [3.63, 3.8) is 0 Å². The van der Waals surface area contributed by atoms with Crippen LogP contribution in [0, 0.1) is 0 Å². The molecule has 5 heterocycles. The summed E-state index contributed by atoms with van der Waals surface area (Å²) in [6.07, 6.45) is 12.3. The lowest BCUT2D eigenvalue weighted by molar-refractivity contribution is 0.818. The fourth-order valence-corrected chi connectivity index (χ4v) is 5.67. The summed E-state index contributed by atoms with van der Waals surface area (Å²) in [6.45, 7) is 8.27. The van der Waals surface area contributed by atoms with Crippen LogP contribution >= 0.6 is 22.9 Å². The Morgan fingerprint density at radius 3 is 2.67 bits per heavy atom. The molecule has 0 saturated heterocycles. The molecule has 7 nitrogen and oxygen atoms in total. The Kier molecular flexibility index (Phi) is 6.89. The van der Waals surface area contributed by atoms with Gasteiger partial charge in [-0.3, -0.25) is 10.1 Å². The largest absolute Gasteiger partial charge is 0.359 e. The highest BCUT2D eigenvalue weighted by Gasteiger charge is 2.19. The van der Waals surface area contributed by atoms with Gasteiger partial charge in [-0.2, -0.15) is 5.10 Å². The van der Waals surface area contributed by atoms with Crippen molar-refractivity contribution in [2.24, 2.45) is 0 Å². The van der Waals surface area contributed by atoms with E-state index in [9.17, 15) is 0 Å². The van der Waals surface area contributed by atoms with Gasteiger partial charge in [0, 0.05) is 17.6 Å². The maximum absolute atomic E-state index is 6.18. The first-order valence-corrected chi connectivity index (χ1v) is 14.2. The Labute approximate surface area is 235 Å². The van der Waals surface area contributed by atoms with Crippen LogP contribution in [0.5, 0.6) is 0 Å². The molecular formula is C30H28ClN7S. The van der Waals surface area contributed by atoms with Gasteiger partial charge in [-0.05, 0) is 74.2 Å². The van der Waals surface area contributed by atoms with Gasteiger partial charge in [-0.1, -0.05) is 43.2 Å². The van der Waals surface area contributed by atoms with Crippen molar-refractivity contribution in [1.82, 2.24) is 35.5 Å². The zero-order valence-electron chi connectivity index (χ0n) is 21.8. The number of halogens is 1. The second-order valence-electron chi connectivity index (χ2n) is 9.41. The van der Waals surface area contributed by atoms with E-state index >= 15 is 0 Å². The topological polar surface area (TPSA) is 95.2 Å². The molecule has 0 bridgehead atoms. The lowest BCUT2D eigenvalue weighted by atomic mass is 10.1. The van der Waals surface area contributed by atoms with E-state index in [1.807, 2.05) is 43.3 Å². The quantitative estimate of drug-likeness (QED) is 0.160. The van der Waals surface area contributed by atoms with Crippen molar-refractivity contribution in [2.45, 2.75) is 39.5 Å². The maximum Gasteiger partial charge on any atom is 0.161 e. The van der Waals surface area contributed by atoms with Gasteiger partial charge < -0.3 is 10.3 Å². The maximum atomic E-state index is 6.18. The summed E-state index contributed by atoms with van der Waals surface area (Å²) in [4.78, 5) is 18.8. The number of nitrogens with one attached hydrogen (secondary N) is 3. The summed E-state index contributed by atoms with van der Waals surface area (Å²) in [5.41, 5.74) is 10.3. The molecule has 5 aromatic heterocycles. The number of thiophene rings is 1. The van der Waals surface area contributed by atoms with Crippen LogP contribution in [-0.4, -0.2) is 30.1 Å². The second kappa shape index (κ2) is 10.6. The third-order valence-electron chi connectivity index (χ3n) is 6.70. The van der Waals surface area contributed by atoms with Gasteiger partial charge in [0.2, 0.25) is 0 Å². The zero-order chi connectivity index (χ0) is 26.9. The van der Waals surface area contributed by atoms with Crippen molar-refractivity contribution in [3.8, 4) is 22.1 Å². The Morgan fingerprint density at radius 2 is 1.95 bits per heavy atom. The number of allylic oxidation sites excluding steroid dienone is 6. The average molecular weight is 554 g/mol. The second-order valence-corrected chi connectivity index (χ2v) is 11.1. The van der Waals surface area contributed by atoms with Gasteiger partial charge >= 0.3 is 0 Å². The monoisotopic (exact) mass is 553 g/mol. The van der Waals surface area contributed by atoms with Gasteiger partial charge in [0.1, 0.15) is 16.7 Å². The highest BCUT2D eigenvalue weighted by molar-refractivity contribution is 7.19. The molecular weight excluding hydrogens is 526 g/mol. The Balaban J connectivity index is 1.37. The molecule has 39 heavy (non-hydrogen) atoms. The number of nitrogens with zero attached hydrogens (tertiary/aromatic N) is 4. The molecule has 0 aromatic carbocycles. The van der Waals surface area contributed by atoms with Crippen LogP contribution in [0.1, 0.15) is 45.2 Å². The fourth-order valence-electron chi connectivity index (χ4n) is 4.63. The van der Waals surface area contributed by atoms with Gasteiger partial charge in [0.15, 0.2) is 11.5 Å². The molecule has 1 aliphatic rings. The highest BCUT2D eigenvalue weighted by Crippen LogP contribution is 2.35. The van der Waals surface area contributed by atoms with Crippen LogP contribution in [0.25, 0.3) is 49.7 Å². The standard InChI is InChI=1S/C30H28ClN7S/c1-4-7-20(18-8-9-18)33-19(6-3)16-17(5-2)21-10-11-23-27(34-21)29(38-37-23)30-35-22-14-15-32-28(26(22)36-30)24-12-13-25(31)39-24/h5-6,10-16,33H,3-4,7-9H2,1-2H3,(H,35,36)(H,37,38)/b17-5+,19-16+. The van der Waals surface area contributed by atoms with Crippen molar-refractivity contribution in [2.75, 3.05) is 0 Å². The number of rotatable bonds is 9. The number of hydrogen-bond acceptors (Lipinski definition) is 6. The van der Waals surface area contributed by atoms with E-state index in [0.29, 0.717) is 15.9 Å².